The lowest BCUT2D eigenvalue weighted by Crippen LogP contribution is -2.53. The second-order valence-corrected chi connectivity index (χ2v) is 10.1. The fraction of sp³-hybridized carbons (Fsp3) is 0.560. The number of ether oxygens (including phenoxy) is 3. The number of hydrogen-bond acceptors (Lipinski definition) is 5. The Kier molecular flexibility index (Phi) is 7.31. The third-order valence-corrected chi connectivity index (χ3v) is 6.32. The van der Waals surface area contributed by atoms with Crippen LogP contribution in [0.5, 0.6) is 0 Å². The summed E-state index contributed by atoms with van der Waals surface area (Å²) in [5, 5.41) is 1.67. The molecule has 184 valence electrons. The SMILES string of the molecule is [CH2+]C(C)(C)OC(=O)N1CCOC(C(=O)N(Cc2ccc3c(Cl)cn(CCOC)c3c2)C2CC2)C1. The lowest BCUT2D eigenvalue weighted by atomic mass is 10.1. The predicted octanol–water partition coefficient (Wildman–Crippen LogP) is 3.88. The van der Waals surface area contributed by atoms with Crippen LogP contribution in [0.25, 0.3) is 10.9 Å². The highest BCUT2D eigenvalue weighted by Crippen LogP contribution is 2.32. The minimum Gasteiger partial charge on any atom is -0.403 e. The van der Waals surface area contributed by atoms with Crippen LogP contribution in [-0.4, -0.2) is 77.5 Å². The number of amides is 2. The highest BCUT2D eigenvalue weighted by Gasteiger charge is 2.40. The molecule has 2 fully saturated rings. The highest BCUT2D eigenvalue weighted by molar-refractivity contribution is 6.35. The third-order valence-electron chi connectivity index (χ3n) is 6.02. The Morgan fingerprint density at radius 3 is 2.76 bits per heavy atom. The smallest absolute Gasteiger partial charge is 0.403 e. The first kappa shape index (κ1) is 24.7. The quantitative estimate of drug-likeness (QED) is 0.525. The topological polar surface area (TPSA) is 73.2 Å². The molecular weight excluding hydrogens is 458 g/mol. The fourth-order valence-electron chi connectivity index (χ4n) is 4.19. The molecule has 1 saturated heterocycles. The number of rotatable bonds is 8. The van der Waals surface area contributed by atoms with E-state index in [1.165, 1.54) is 4.90 Å². The molecular formula is C25H33ClN3O5+. The van der Waals surface area contributed by atoms with Gasteiger partial charge in [-0.3, -0.25) is 4.79 Å². The lowest BCUT2D eigenvalue weighted by molar-refractivity contribution is -0.150. The lowest BCUT2D eigenvalue weighted by Gasteiger charge is -2.35. The molecule has 1 saturated carbocycles. The number of fused-ring (bicyclic) bond motifs is 1. The number of hydrogen-bond donors (Lipinski definition) is 0. The van der Waals surface area contributed by atoms with E-state index in [1.54, 1.807) is 21.0 Å². The van der Waals surface area contributed by atoms with E-state index in [-0.39, 0.29) is 18.5 Å². The summed E-state index contributed by atoms with van der Waals surface area (Å²) in [6.45, 7) is 9.86. The first-order valence-electron chi connectivity index (χ1n) is 11.7. The monoisotopic (exact) mass is 490 g/mol. The van der Waals surface area contributed by atoms with Crippen molar-refractivity contribution >= 4 is 34.5 Å². The summed E-state index contributed by atoms with van der Waals surface area (Å²) in [5.41, 5.74) is 1.20. The Hall–Kier alpha value is -2.42. The molecule has 1 atom stereocenters. The van der Waals surface area contributed by atoms with E-state index in [0.717, 1.165) is 29.3 Å². The average molecular weight is 491 g/mol. The second kappa shape index (κ2) is 10.1. The zero-order valence-corrected chi connectivity index (χ0v) is 20.8. The van der Waals surface area contributed by atoms with Crippen molar-refractivity contribution in [2.75, 3.05) is 33.4 Å². The van der Waals surface area contributed by atoms with E-state index in [4.69, 9.17) is 25.8 Å². The van der Waals surface area contributed by atoms with Crippen molar-refractivity contribution in [3.05, 3.63) is 41.9 Å². The minimum atomic E-state index is -0.836. The number of morpholine rings is 1. The van der Waals surface area contributed by atoms with Gasteiger partial charge in [0.05, 0.1) is 24.8 Å². The third kappa shape index (κ3) is 5.79. The van der Waals surface area contributed by atoms with E-state index in [0.29, 0.717) is 37.9 Å². The van der Waals surface area contributed by atoms with Gasteiger partial charge in [0.15, 0.2) is 6.10 Å². The molecule has 34 heavy (non-hydrogen) atoms. The van der Waals surface area contributed by atoms with Crippen molar-refractivity contribution in [1.29, 1.82) is 0 Å². The van der Waals surface area contributed by atoms with Gasteiger partial charge >= 0.3 is 6.09 Å². The van der Waals surface area contributed by atoms with Crippen molar-refractivity contribution in [3.8, 4) is 0 Å². The number of nitrogens with zero attached hydrogens (tertiary/aromatic N) is 3. The van der Waals surface area contributed by atoms with Gasteiger partial charge in [-0.15, -0.1) is 0 Å². The molecule has 1 aliphatic heterocycles. The molecule has 2 aromatic rings. The Balaban J connectivity index is 1.48. The summed E-state index contributed by atoms with van der Waals surface area (Å²) in [5.74, 6) is -0.0956. The minimum absolute atomic E-state index is 0.0956. The largest absolute Gasteiger partial charge is 0.413 e. The summed E-state index contributed by atoms with van der Waals surface area (Å²) in [4.78, 5) is 29.4. The standard InChI is InChI=1S/C25H33ClN3O5/c1-25(2,3)34-24(31)28-10-12-33-22(16-28)23(30)29(18-6-7-18)14-17-5-8-19-20(26)15-27(9-11-32-4)21(19)13-17/h5,8,13,15,18,22H,1,6-7,9-12,14,16H2,2-4H3/q+1. The van der Waals surface area contributed by atoms with Crippen LogP contribution in [0.4, 0.5) is 4.79 Å². The molecule has 1 unspecified atom stereocenters. The molecule has 9 heteroatoms. The molecule has 0 bridgehead atoms. The zero-order valence-electron chi connectivity index (χ0n) is 20.1. The maximum atomic E-state index is 13.5. The Labute approximate surface area is 205 Å². The van der Waals surface area contributed by atoms with Crippen LogP contribution >= 0.6 is 11.6 Å². The molecule has 0 N–H and O–H groups in total. The number of carbonyl (C=O) groups is 2. The first-order valence-corrected chi connectivity index (χ1v) is 12.1. The summed E-state index contributed by atoms with van der Waals surface area (Å²) in [7, 11) is 1.67. The molecule has 2 amide bonds. The summed E-state index contributed by atoms with van der Waals surface area (Å²) < 4.78 is 18.5. The van der Waals surface area contributed by atoms with Crippen molar-refractivity contribution in [1.82, 2.24) is 14.4 Å². The number of aromatic nitrogens is 1. The summed E-state index contributed by atoms with van der Waals surface area (Å²) in [6.07, 6.45) is 2.67. The Morgan fingerprint density at radius 1 is 1.32 bits per heavy atom. The van der Waals surface area contributed by atoms with Crippen LogP contribution in [-0.2, 0) is 32.1 Å². The van der Waals surface area contributed by atoms with E-state index in [2.05, 4.69) is 17.6 Å². The predicted molar refractivity (Wildman–Crippen MR) is 130 cm³/mol. The number of methoxy groups -OCH3 is 1. The molecule has 2 aliphatic rings. The number of carbonyl (C=O) groups excluding carboxylic acids is 2. The molecule has 4 rings (SSSR count). The molecule has 1 aromatic heterocycles. The van der Waals surface area contributed by atoms with Gasteiger partial charge < -0.3 is 28.6 Å². The van der Waals surface area contributed by atoms with Crippen LogP contribution in [0.2, 0.25) is 5.02 Å². The van der Waals surface area contributed by atoms with Gasteiger partial charge in [0.2, 0.25) is 5.60 Å². The van der Waals surface area contributed by atoms with E-state index in [9.17, 15) is 9.59 Å². The van der Waals surface area contributed by atoms with Crippen LogP contribution in [0, 0.1) is 6.92 Å². The van der Waals surface area contributed by atoms with Gasteiger partial charge in [-0.25, -0.2) is 4.79 Å². The van der Waals surface area contributed by atoms with Crippen molar-refractivity contribution in [2.45, 2.75) is 57.5 Å². The Morgan fingerprint density at radius 2 is 2.09 bits per heavy atom. The van der Waals surface area contributed by atoms with Gasteiger partial charge in [0, 0.05) is 63.7 Å². The van der Waals surface area contributed by atoms with E-state index in [1.807, 2.05) is 23.2 Å². The molecule has 1 aliphatic carbocycles. The van der Waals surface area contributed by atoms with Crippen molar-refractivity contribution in [2.24, 2.45) is 0 Å². The summed E-state index contributed by atoms with van der Waals surface area (Å²) >= 11 is 6.42. The maximum Gasteiger partial charge on any atom is 0.413 e. The van der Waals surface area contributed by atoms with Crippen molar-refractivity contribution in [3.63, 3.8) is 0 Å². The van der Waals surface area contributed by atoms with E-state index < -0.39 is 17.8 Å². The van der Waals surface area contributed by atoms with Gasteiger partial charge in [-0.2, -0.15) is 0 Å². The van der Waals surface area contributed by atoms with Crippen LogP contribution < -0.4 is 0 Å². The molecule has 0 radical (unpaired) electrons. The average Bonchev–Trinajstić information content (AvgIpc) is 3.59. The number of benzene rings is 1. The van der Waals surface area contributed by atoms with Gasteiger partial charge in [0.25, 0.3) is 5.91 Å². The van der Waals surface area contributed by atoms with Gasteiger partial charge in [0.1, 0.15) is 6.92 Å². The molecule has 2 heterocycles. The van der Waals surface area contributed by atoms with E-state index >= 15 is 0 Å². The van der Waals surface area contributed by atoms with Gasteiger partial charge in [-0.05, 0) is 24.5 Å². The van der Waals surface area contributed by atoms with Crippen LogP contribution in [0.15, 0.2) is 24.4 Å². The normalized spacial score (nSPS) is 18.8. The Bertz CT molecular complexity index is 1040. The maximum absolute atomic E-state index is 13.5. The van der Waals surface area contributed by atoms with Crippen molar-refractivity contribution < 1.29 is 23.8 Å². The first-order chi connectivity index (χ1) is 16.2. The zero-order chi connectivity index (χ0) is 24.5. The fourth-order valence-corrected chi connectivity index (χ4v) is 4.46. The highest BCUT2D eigenvalue weighted by atomic mass is 35.5. The van der Waals surface area contributed by atoms with Crippen LogP contribution in [0.1, 0.15) is 32.3 Å². The van der Waals surface area contributed by atoms with Gasteiger partial charge in [-0.1, -0.05) is 23.7 Å². The number of halogens is 1. The van der Waals surface area contributed by atoms with Crippen LogP contribution in [0.3, 0.4) is 0 Å². The molecule has 1 aromatic carbocycles. The summed E-state index contributed by atoms with van der Waals surface area (Å²) in [6, 6.07) is 6.29. The molecule has 8 nitrogen and oxygen atoms in total. The molecule has 0 spiro atoms. The second-order valence-electron chi connectivity index (χ2n) is 9.65.